The van der Waals surface area contributed by atoms with Crippen molar-refractivity contribution in [3.8, 4) is 0 Å². The fourth-order valence-corrected chi connectivity index (χ4v) is 3.73. The Balaban J connectivity index is 1.43. The smallest absolute Gasteiger partial charge is 0.253 e. The average molecular weight is 416 g/mol. The summed E-state index contributed by atoms with van der Waals surface area (Å²) < 4.78 is 0. The van der Waals surface area contributed by atoms with Crippen LogP contribution in [-0.2, 0) is 0 Å². The number of carbonyl (C=O) groups is 1. The molecule has 0 bridgehead atoms. The van der Waals surface area contributed by atoms with E-state index in [1.54, 1.807) is 0 Å². The number of aryl methyl sites for hydroxylation is 4. The lowest BCUT2D eigenvalue weighted by atomic mass is 10.1. The summed E-state index contributed by atoms with van der Waals surface area (Å²) in [4.78, 5) is 26.3. The molecule has 2 aromatic carbocycles. The van der Waals surface area contributed by atoms with Crippen molar-refractivity contribution in [1.29, 1.82) is 0 Å². The maximum absolute atomic E-state index is 12.9. The first-order valence-electron chi connectivity index (χ1n) is 10.7. The monoisotopic (exact) mass is 415 g/mol. The predicted molar refractivity (Wildman–Crippen MR) is 125 cm³/mol. The molecule has 1 N–H and O–H groups in total. The highest BCUT2D eigenvalue weighted by Crippen LogP contribution is 2.21. The summed E-state index contributed by atoms with van der Waals surface area (Å²) in [6.45, 7) is 11.0. The lowest BCUT2D eigenvalue weighted by Gasteiger charge is -2.35. The number of anilines is 3. The maximum Gasteiger partial charge on any atom is 0.253 e. The SMILES string of the molecule is Cc1ccc(Nc2nc(C)cc(N3CCN(C(=O)c4ccc(C)c(C)c4)CC3)n2)cc1. The van der Waals surface area contributed by atoms with E-state index in [1.165, 1.54) is 11.1 Å². The molecule has 0 unspecified atom stereocenters. The quantitative estimate of drug-likeness (QED) is 0.684. The Morgan fingerprint density at radius 3 is 2.23 bits per heavy atom. The molecule has 0 saturated carbocycles. The van der Waals surface area contributed by atoms with Crippen LogP contribution >= 0.6 is 0 Å². The normalized spacial score (nSPS) is 13.9. The minimum absolute atomic E-state index is 0.100. The van der Waals surface area contributed by atoms with E-state index in [9.17, 15) is 4.79 Å². The van der Waals surface area contributed by atoms with Crippen molar-refractivity contribution < 1.29 is 4.79 Å². The highest BCUT2D eigenvalue weighted by Gasteiger charge is 2.23. The van der Waals surface area contributed by atoms with Crippen LogP contribution in [0.2, 0.25) is 0 Å². The Morgan fingerprint density at radius 2 is 1.55 bits per heavy atom. The van der Waals surface area contributed by atoms with Gasteiger partial charge in [0.15, 0.2) is 0 Å². The molecule has 6 heteroatoms. The Hall–Kier alpha value is -3.41. The van der Waals surface area contributed by atoms with Crippen molar-refractivity contribution in [2.75, 3.05) is 36.4 Å². The van der Waals surface area contributed by atoms with Crippen LogP contribution in [0.4, 0.5) is 17.5 Å². The summed E-state index contributed by atoms with van der Waals surface area (Å²) in [6, 6.07) is 16.1. The molecule has 1 fully saturated rings. The number of aromatic nitrogens is 2. The van der Waals surface area contributed by atoms with E-state index >= 15 is 0 Å². The van der Waals surface area contributed by atoms with Gasteiger partial charge in [0, 0.05) is 49.2 Å². The fraction of sp³-hybridized carbons (Fsp3) is 0.320. The van der Waals surface area contributed by atoms with Crippen molar-refractivity contribution in [1.82, 2.24) is 14.9 Å². The molecular weight excluding hydrogens is 386 g/mol. The molecule has 1 aliphatic rings. The van der Waals surface area contributed by atoms with Gasteiger partial charge in [0.05, 0.1) is 0 Å². The van der Waals surface area contributed by atoms with E-state index < -0.39 is 0 Å². The van der Waals surface area contributed by atoms with Gasteiger partial charge in [-0.2, -0.15) is 4.98 Å². The van der Waals surface area contributed by atoms with Gasteiger partial charge in [0.2, 0.25) is 5.95 Å². The average Bonchev–Trinajstić information content (AvgIpc) is 2.76. The number of hydrogen-bond acceptors (Lipinski definition) is 5. The van der Waals surface area contributed by atoms with Gasteiger partial charge in [-0.05, 0) is 63.1 Å². The van der Waals surface area contributed by atoms with Crippen LogP contribution < -0.4 is 10.2 Å². The molecule has 1 aliphatic heterocycles. The summed E-state index contributed by atoms with van der Waals surface area (Å²) in [6.07, 6.45) is 0. The molecule has 1 saturated heterocycles. The molecule has 1 aromatic heterocycles. The minimum Gasteiger partial charge on any atom is -0.353 e. The van der Waals surface area contributed by atoms with Gasteiger partial charge in [0.1, 0.15) is 5.82 Å². The molecule has 0 spiro atoms. The number of nitrogens with zero attached hydrogens (tertiary/aromatic N) is 4. The van der Waals surface area contributed by atoms with Crippen molar-refractivity contribution in [2.45, 2.75) is 27.7 Å². The number of benzene rings is 2. The molecule has 0 aliphatic carbocycles. The largest absolute Gasteiger partial charge is 0.353 e. The predicted octanol–water partition coefficient (Wildman–Crippen LogP) is 4.42. The second-order valence-electron chi connectivity index (χ2n) is 8.26. The molecule has 2 heterocycles. The highest BCUT2D eigenvalue weighted by molar-refractivity contribution is 5.94. The van der Waals surface area contributed by atoms with E-state index in [0.717, 1.165) is 41.4 Å². The van der Waals surface area contributed by atoms with Crippen LogP contribution in [0.15, 0.2) is 48.5 Å². The molecular formula is C25H29N5O. The second kappa shape index (κ2) is 8.76. The number of nitrogens with one attached hydrogen (secondary N) is 1. The minimum atomic E-state index is 0.100. The van der Waals surface area contributed by atoms with Crippen LogP contribution in [0, 0.1) is 27.7 Å². The summed E-state index contributed by atoms with van der Waals surface area (Å²) in [5.74, 6) is 1.58. The van der Waals surface area contributed by atoms with Gasteiger partial charge in [-0.15, -0.1) is 0 Å². The molecule has 0 radical (unpaired) electrons. The molecule has 3 aromatic rings. The van der Waals surface area contributed by atoms with Gasteiger partial charge >= 0.3 is 0 Å². The summed E-state index contributed by atoms with van der Waals surface area (Å²) >= 11 is 0. The standard InChI is InChI=1S/C25H29N5O/c1-17-5-9-22(10-6-17)27-25-26-20(4)16-23(28-25)29-11-13-30(14-12-29)24(31)21-8-7-18(2)19(3)15-21/h5-10,15-16H,11-14H2,1-4H3,(H,26,27,28). The van der Waals surface area contributed by atoms with E-state index in [1.807, 2.05) is 55.1 Å². The van der Waals surface area contributed by atoms with Crippen molar-refractivity contribution >= 4 is 23.4 Å². The Kier molecular flexibility index (Phi) is 5.89. The highest BCUT2D eigenvalue weighted by atomic mass is 16.2. The molecule has 4 rings (SSSR count). The molecule has 0 atom stereocenters. The molecule has 1 amide bonds. The van der Waals surface area contributed by atoms with Crippen LogP contribution in [0.5, 0.6) is 0 Å². The zero-order valence-corrected chi connectivity index (χ0v) is 18.6. The van der Waals surface area contributed by atoms with E-state index in [2.05, 4.69) is 41.2 Å². The maximum atomic E-state index is 12.9. The Labute approximate surface area is 183 Å². The number of carbonyl (C=O) groups excluding carboxylic acids is 1. The third kappa shape index (κ3) is 4.85. The topological polar surface area (TPSA) is 61.4 Å². The van der Waals surface area contributed by atoms with Crippen LogP contribution in [0.1, 0.15) is 32.7 Å². The zero-order valence-electron chi connectivity index (χ0n) is 18.6. The number of piperazine rings is 1. The fourth-order valence-electron chi connectivity index (χ4n) is 3.73. The Bertz CT molecular complexity index is 1090. The first kappa shape index (κ1) is 20.8. The summed E-state index contributed by atoms with van der Waals surface area (Å²) in [7, 11) is 0. The summed E-state index contributed by atoms with van der Waals surface area (Å²) in [5, 5.41) is 3.30. The lowest BCUT2D eigenvalue weighted by Crippen LogP contribution is -2.49. The summed E-state index contributed by atoms with van der Waals surface area (Å²) in [5.41, 5.74) is 6.20. The van der Waals surface area contributed by atoms with Crippen LogP contribution in [-0.4, -0.2) is 47.0 Å². The van der Waals surface area contributed by atoms with Crippen molar-refractivity contribution in [3.05, 3.63) is 76.5 Å². The Morgan fingerprint density at radius 1 is 0.839 bits per heavy atom. The van der Waals surface area contributed by atoms with Crippen LogP contribution in [0.25, 0.3) is 0 Å². The van der Waals surface area contributed by atoms with Crippen molar-refractivity contribution in [2.24, 2.45) is 0 Å². The third-order valence-corrected chi connectivity index (χ3v) is 5.79. The van der Waals surface area contributed by atoms with E-state index in [-0.39, 0.29) is 5.91 Å². The lowest BCUT2D eigenvalue weighted by molar-refractivity contribution is 0.0746. The van der Waals surface area contributed by atoms with E-state index in [0.29, 0.717) is 19.0 Å². The molecule has 31 heavy (non-hydrogen) atoms. The first-order chi connectivity index (χ1) is 14.9. The zero-order chi connectivity index (χ0) is 22.0. The number of hydrogen-bond donors (Lipinski definition) is 1. The van der Waals surface area contributed by atoms with E-state index in [4.69, 9.17) is 4.98 Å². The van der Waals surface area contributed by atoms with Gasteiger partial charge in [0.25, 0.3) is 5.91 Å². The molecule has 6 nitrogen and oxygen atoms in total. The van der Waals surface area contributed by atoms with Gasteiger partial charge in [-0.25, -0.2) is 4.98 Å². The van der Waals surface area contributed by atoms with Gasteiger partial charge < -0.3 is 15.1 Å². The van der Waals surface area contributed by atoms with Gasteiger partial charge in [-0.1, -0.05) is 23.8 Å². The molecule has 160 valence electrons. The second-order valence-corrected chi connectivity index (χ2v) is 8.26. The number of amides is 1. The van der Waals surface area contributed by atoms with Gasteiger partial charge in [-0.3, -0.25) is 4.79 Å². The third-order valence-electron chi connectivity index (χ3n) is 5.79. The first-order valence-corrected chi connectivity index (χ1v) is 10.7. The number of rotatable bonds is 4. The van der Waals surface area contributed by atoms with Crippen LogP contribution in [0.3, 0.4) is 0 Å². The van der Waals surface area contributed by atoms with Crippen molar-refractivity contribution in [3.63, 3.8) is 0 Å².